The highest BCUT2D eigenvalue weighted by Crippen LogP contribution is 2.52. The van der Waals surface area contributed by atoms with Crippen LogP contribution in [0.2, 0.25) is 0 Å². The van der Waals surface area contributed by atoms with E-state index in [1.165, 1.54) is 14.2 Å². The van der Waals surface area contributed by atoms with Gasteiger partial charge in [0, 0.05) is 19.8 Å². The summed E-state index contributed by atoms with van der Waals surface area (Å²) in [5.74, 6) is 0.265. The van der Waals surface area contributed by atoms with Crippen LogP contribution in [0.15, 0.2) is 54.6 Å². The molecule has 7 heteroatoms. The molecule has 0 bridgehead atoms. The first-order valence-corrected chi connectivity index (χ1v) is 8.62. The Hall–Kier alpha value is -1.98. The minimum atomic E-state index is -3.84. The number of benzene rings is 2. The van der Waals surface area contributed by atoms with Gasteiger partial charge < -0.3 is 4.74 Å². The Morgan fingerprint density at radius 3 is 2.00 bits per heavy atom. The van der Waals surface area contributed by atoms with Crippen LogP contribution < -0.4 is 4.74 Å². The van der Waals surface area contributed by atoms with Crippen molar-refractivity contribution in [3.63, 3.8) is 0 Å². The number of carbonyl (C=O) groups is 1. The molecule has 0 aliphatic rings. The maximum absolute atomic E-state index is 12.9. The maximum atomic E-state index is 12.9. The average Bonchev–Trinajstić information content (AvgIpc) is 2.66. The van der Waals surface area contributed by atoms with Gasteiger partial charge in [0.05, 0.1) is 7.11 Å². The highest BCUT2D eigenvalue weighted by atomic mass is 31.2. The van der Waals surface area contributed by atoms with E-state index in [1.807, 2.05) is 6.07 Å². The quantitative estimate of drug-likeness (QED) is 0.529. The summed E-state index contributed by atoms with van der Waals surface area (Å²) in [7, 11) is 0.101. The predicted molar refractivity (Wildman–Crippen MR) is 89.2 cm³/mol. The molecule has 0 saturated heterocycles. The van der Waals surface area contributed by atoms with Gasteiger partial charge in [0.2, 0.25) is 0 Å². The summed E-state index contributed by atoms with van der Waals surface area (Å²) < 4.78 is 32.4. The molecule has 0 N–H and O–H groups in total. The number of phosphoric acid groups is 1. The number of hydrogen-bond donors (Lipinski definition) is 0. The van der Waals surface area contributed by atoms with Crippen molar-refractivity contribution in [2.75, 3.05) is 21.3 Å². The van der Waals surface area contributed by atoms with Gasteiger partial charge in [-0.3, -0.25) is 18.4 Å². The fourth-order valence-corrected chi connectivity index (χ4v) is 2.88. The van der Waals surface area contributed by atoms with E-state index >= 15 is 0 Å². The monoisotopic (exact) mass is 350 g/mol. The molecule has 0 fully saturated rings. The molecule has 0 heterocycles. The summed E-state index contributed by atoms with van der Waals surface area (Å²) in [5, 5.41) is 0. The van der Waals surface area contributed by atoms with Crippen LogP contribution in [0.3, 0.4) is 0 Å². The number of ketones is 1. The van der Waals surface area contributed by atoms with Crippen LogP contribution in [-0.2, 0) is 18.1 Å². The van der Waals surface area contributed by atoms with E-state index < -0.39 is 13.9 Å². The summed E-state index contributed by atoms with van der Waals surface area (Å²) in [5.41, 5.74) is 0.941. The number of methoxy groups -OCH3 is 1. The zero-order chi connectivity index (χ0) is 17.6. The third kappa shape index (κ3) is 4.30. The van der Waals surface area contributed by atoms with Crippen LogP contribution in [0, 0.1) is 0 Å². The molecular weight excluding hydrogens is 331 g/mol. The molecule has 2 aromatic carbocycles. The van der Waals surface area contributed by atoms with Gasteiger partial charge in [-0.1, -0.05) is 30.3 Å². The lowest BCUT2D eigenvalue weighted by Gasteiger charge is -2.21. The Morgan fingerprint density at radius 2 is 1.50 bits per heavy atom. The standard InChI is InChI=1S/C17H19O6P/c1-20-15-11-9-13(10-12-15)16(18)17(14-7-5-4-6-8-14)23-24(19,21-2)22-3/h4-12,17H,1-3H3. The lowest BCUT2D eigenvalue weighted by atomic mass is 10.00. The predicted octanol–water partition coefficient (Wildman–Crippen LogP) is 4.04. The second-order valence-electron chi connectivity index (χ2n) is 4.80. The van der Waals surface area contributed by atoms with Crippen LogP contribution in [-0.4, -0.2) is 27.1 Å². The van der Waals surface area contributed by atoms with Crippen molar-refractivity contribution < 1.29 is 27.7 Å². The molecule has 0 saturated carbocycles. The van der Waals surface area contributed by atoms with Crippen molar-refractivity contribution in [2.24, 2.45) is 0 Å². The highest BCUT2D eigenvalue weighted by molar-refractivity contribution is 7.48. The largest absolute Gasteiger partial charge is 0.497 e. The zero-order valence-corrected chi connectivity index (χ0v) is 14.6. The second kappa shape index (κ2) is 8.22. The summed E-state index contributed by atoms with van der Waals surface area (Å²) in [6.07, 6.45) is -1.12. The van der Waals surface area contributed by atoms with Gasteiger partial charge in [0.1, 0.15) is 5.75 Å². The molecule has 0 spiro atoms. The van der Waals surface area contributed by atoms with Crippen LogP contribution in [0.1, 0.15) is 22.0 Å². The van der Waals surface area contributed by atoms with Crippen molar-refractivity contribution in [1.82, 2.24) is 0 Å². The molecule has 6 nitrogen and oxygen atoms in total. The minimum absolute atomic E-state index is 0.363. The second-order valence-corrected chi connectivity index (χ2v) is 6.64. The Morgan fingerprint density at radius 1 is 0.917 bits per heavy atom. The molecule has 0 aliphatic carbocycles. The van der Waals surface area contributed by atoms with Gasteiger partial charge >= 0.3 is 7.82 Å². The van der Waals surface area contributed by atoms with E-state index in [4.69, 9.17) is 18.3 Å². The third-order valence-corrected chi connectivity index (χ3v) is 4.76. The van der Waals surface area contributed by atoms with Gasteiger partial charge in [-0.05, 0) is 29.8 Å². The average molecular weight is 350 g/mol. The Labute approximate surface area is 140 Å². The molecule has 2 rings (SSSR count). The number of phosphoric ester groups is 1. The summed E-state index contributed by atoms with van der Waals surface area (Å²) in [6, 6.07) is 15.3. The van der Waals surface area contributed by atoms with Crippen molar-refractivity contribution in [3.05, 3.63) is 65.7 Å². The first-order valence-electron chi connectivity index (χ1n) is 7.16. The molecule has 0 aromatic heterocycles. The molecule has 128 valence electrons. The fraction of sp³-hybridized carbons (Fsp3) is 0.235. The van der Waals surface area contributed by atoms with E-state index in [-0.39, 0.29) is 5.78 Å². The molecule has 0 aliphatic heterocycles. The number of ether oxygens (including phenoxy) is 1. The summed E-state index contributed by atoms with van der Waals surface area (Å²) in [6.45, 7) is 0. The van der Waals surface area contributed by atoms with Crippen LogP contribution in [0.4, 0.5) is 0 Å². The van der Waals surface area contributed by atoms with Gasteiger partial charge in [0.25, 0.3) is 0 Å². The molecular formula is C17H19O6P. The van der Waals surface area contributed by atoms with Gasteiger partial charge in [0.15, 0.2) is 11.9 Å². The summed E-state index contributed by atoms with van der Waals surface area (Å²) in [4.78, 5) is 12.9. The van der Waals surface area contributed by atoms with Crippen LogP contribution in [0.5, 0.6) is 5.75 Å². The Balaban J connectivity index is 2.37. The van der Waals surface area contributed by atoms with E-state index in [1.54, 1.807) is 55.6 Å². The van der Waals surface area contributed by atoms with E-state index in [0.717, 1.165) is 0 Å². The zero-order valence-electron chi connectivity index (χ0n) is 13.7. The van der Waals surface area contributed by atoms with E-state index in [9.17, 15) is 9.36 Å². The smallest absolute Gasteiger partial charge is 0.475 e. The topological polar surface area (TPSA) is 71.1 Å². The van der Waals surface area contributed by atoms with Crippen molar-refractivity contribution >= 4 is 13.6 Å². The number of rotatable bonds is 8. The van der Waals surface area contributed by atoms with Crippen LogP contribution in [0.25, 0.3) is 0 Å². The fourth-order valence-electron chi connectivity index (χ4n) is 2.08. The summed E-state index contributed by atoms with van der Waals surface area (Å²) >= 11 is 0. The Kier molecular flexibility index (Phi) is 6.29. The van der Waals surface area contributed by atoms with E-state index in [2.05, 4.69) is 0 Å². The van der Waals surface area contributed by atoms with Crippen molar-refractivity contribution in [2.45, 2.75) is 6.10 Å². The lowest BCUT2D eigenvalue weighted by molar-refractivity contribution is 0.0657. The molecule has 0 amide bonds. The number of carbonyl (C=O) groups excluding carboxylic acids is 1. The lowest BCUT2D eigenvalue weighted by Crippen LogP contribution is -2.16. The highest BCUT2D eigenvalue weighted by Gasteiger charge is 2.33. The number of Topliss-reactive ketones (excluding diaryl/α,β-unsaturated/α-hetero) is 1. The molecule has 2 aromatic rings. The molecule has 0 radical (unpaired) electrons. The van der Waals surface area contributed by atoms with Gasteiger partial charge in [-0.15, -0.1) is 0 Å². The van der Waals surface area contributed by atoms with Gasteiger partial charge in [-0.2, -0.15) is 0 Å². The molecule has 1 unspecified atom stereocenters. The molecule has 24 heavy (non-hydrogen) atoms. The third-order valence-electron chi connectivity index (χ3n) is 3.40. The van der Waals surface area contributed by atoms with Crippen molar-refractivity contribution in [3.8, 4) is 5.75 Å². The van der Waals surface area contributed by atoms with Crippen LogP contribution >= 0.6 is 7.82 Å². The van der Waals surface area contributed by atoms with E-state index in [0.29, 0.717) is 16.9 Å². The SMILES string of the molecule is COc1ccc(C(=O)C(OP(=O)(OC)OC)c2ccccc2)cc1. The number of hydrogen-bond acceptors (Lipinski definition) is 6. The van der Waals surface area contributed by atoms with Crippen molar-refractivity contribution in [1.29, 1.82) is 0 Å². The minimum Gasteiger partial charge on any atom is -0.497 e. The first-order chi connectivity index (χ1) is 11.5. The maximum Gasteiger partial charge on any atom is 0.475 e. The normalized spacial score (nSPS) is 12.6. The first kappa shape index (κ1) is 18.4. The Bertz CT molecular complexity index is 706. The molecule has 1 atom stereocenters. The van der Waals surface area contributed by atoms with Gasteiger partial charge in [-0.25, -0.2) is 4.57 Å².